The number of amides is 2. The number of nitrogens with zero attached hydrogens (tertiary/aromatic N) is 1. The zero-order valence-electron chi connectivity index (χ0n) is 15.1. The molecule has 1 atom stereocenters. The van der Waals surface area contributed by atoms with Crippen LogP contribution in [0.2, 0.25) is 0 Å². The van der Waals surface area contributed by atoms with Crippen molar-refractivity contribution in [2.75, 3.05) is 18.4 Å². The fourth-order valence-electron chi connectivity index (χ4n) is 3.43. The molecular formula is C21H23FN2O2. The Balaban J connectivity index is 1.67. The summed E-state index contributed by atoms with van der Waals surface area (Å²) >= 11 is 0. The Kier molecular flexibility index (Phi) is 5.35. The summed E-state index contributed by atoms with van der Waals surface area (Å²) in [4.78, 5) is 27.1. The molecule has 0 radical (unpaired) electrons. The van der Waals surface area contributed by atoms with Crippen LogP contribution in [0.1, 0.15) is 34.3 Å². The third kappa shape index (κ3) is 4.28. The summed E-state index contributed by atoms with van der Waals surface area (Å²) < 4.78 is 13.0. The molecule has 3 rings (SSSR count). The van der Waals surface area contributed by atoms with E-state index in [1.165, 1.54) is 24.3 Å². The zero-order chi connectivity index (χ0) is 18.7. The average Bonchev–Trinajstić information content (AvgIpc) is 2.62. The first-order chi connectivity index (χ1) is 12.4. The van der Waals surface area contributed by atoms with E-state index in [4.69, 9.17) is 0 Å². The first-order valence-corrected chi connectivity index (χ1v) is 8.86. The molecule has 0 spiro atoms. The predicted molar refractivity (Wildman–Crippen MR) is 99.6 cm³/mol. The number of piperidine rings is 1. The van der Waals surface area contributed by atoms with Gasteiger partial charge < -0.3 is 10.2 Å². The third-order valence-corrected chi connectivity index (χ3v) is 4.66. The van der Waals surface area contributed by atoms with Gasteiger partial charge in [-0.3, -0.25) is 9.59 Å². The van der Waals surface area contributed by atoms with Gasteiger partial charge in [-0.2, -0.15) is 0 Å². The standard InChI is InChI=1S/C21H23FN2O2/c1-14-10-15(2)12-17(11-14)21(26)24-9-3-4-16(13-24)20(25)23-19-7-5-18(22)6-8-19/h5-8,10-12,16H,3-4,9,13H2,1-2H3,(H,23,25). The molecule has 1 N–H and O–H groups in total. The van der Waals surface area contributed by atoms with Crippen LogP contribution in [0, 0.1) is 25.6 Å². The zero-order valence-corrected chi connectivity index (χ0v) is 15.1. The summed E-state index contributed by atoms with van der Waals surface area (Å²) in [6, 6.07) is 11.5. The van der Waals surface area contributed by atoms with E-state index in [0.29, 0.717) is 24.3 Å². The maximum Gasteiger partial charge on any atom is 0.253 e. The largest absolute Gasteiger partial charge is 0.338 e. The Morgan fingerprint density at radius 1 is 1.08 bits per heavy atom. The quantitative estimate of drug-likeness (QED) is 0.908. The Bertz CT molecular complexity index is 797. The highest BCUT2D eigenvalue weighted by molar-refractivity contribution is 5.96. The molecule has 26 heavy (non-hydrogen) atoms. The predicted octanol–water partition coefficient (Wildman–Crippen LogP) is 3.93. The average molecular weight is 354 g/mol. The van der Waals surface area contributed by atoms with Crippen LogP contribution < -0.4 is 5.32 Å². The molecule has 2 amide bonds. The van der Waals surface area contributed by atoms with Crippen LogP contribution >= 0.6 is 0 Å². The van der Waals surface area contributed by atoms with Crippen LogP contribution in [0.5, 0.6) is 0 Å². The van der Waals surface area contributed by atoms with Crippen molar-refractivity contribution in [2.45, 2.75) is 26.7 Å². The van der Waals surface area contributed by atoms with Gasteiger partial charge in [-0.25, -0.2) is 4.39 Å². The minimum atomic E-state index is -0.342. The van der Waals surface area contributed by atoms with Crippen molar-refractivity contribution >= 4 is 17.5 Å². The summed E-state index contributed by atoms with van der Waals surface area (Å²) in [7, 11) is 0. The lowest BCUT2D eigenvalue weighted by molar-refractivity contribution is -0.121. The number of aryl methyl sites for hydroxylation is 2. The Morgan fingerprint density at radius 3 is 2.38 bits per heavy atom. The molecule has 0 aromatic heterocycles. The number of carbonyl (C=O) groups excluding carboxylic acids is 2. The first-order valence-electron chi connectivity index (χ1n) is 8.86. The van der Waals surface area contributed by atoms with Crippen molar-refractivity contribution in [2.24, 2.45) is 5.92 Å². The lowest BCUT2D eigenvalue weighted by Crippen LogP contribution is -2.43. The molecule has 1 saturated heterocycles. The van der Waals surface area contributed by atoms with Gasteiger partial charge >= 0.3 is 0 Å². The number of rotatable bonds is 3. The number of hydrogen-bond donors (Lipinski definition) is 1. The third-order valence-electron chi connectivity index (χ3n) is 4.66. The van der Waals surface area contributed by atoms with Crippen molar-refractivity contribution < 1.29 is 14.0 Å². The SMILES string of the molecule is Cc1cc(C)cc(C(=O)N2CCCC(C(=O)Nc3ccc(F)cc3)C2)c1. The molecule has 0 saturated carbocycles. The van der Waals surface area contributed by atoms with Gasteiger partial charge in [-0.05, 0) is 63.1 Å². The van der Waals surface area contributed by atoms with Gasteiger partial charge in [0.05, 0.1) is 5.92 Å². The smallest absolute Gasteiger partial charge is 0.253 e. The number of anilines is 1. The summed E-state index contributed by atoms with van der Waals surface area (Å²) in [5, 5.41) is 2.81. The number of hydrogen-bond acceptors (Lipinski definition) is 2. The summed E-state index contributed by atoms with van der Waals surface area (Å²) in [5.41, 5.74) is 3.34. The molecule has 1 heterocycles. The highest BCUT2D eigenvalue weighted by Gasteiger charge is 2.29. The van der Waals surface area contributed by atoms with Gasteiger partial charge in [0.1, 0.15) is 5.82 Å². The van der Waals surface area contributed by atoms with Crippen LogP contribution in [0.15, 0.2) is 42.5 Å². The molecular weight excluding hydrogens is 331 g/mol. The van der Waals surface area contributed by atoms with Crippen molar-refractivity contribution in [3.63, 3.8) is 0 Å². The van der Waals surface area contributed by atoms with Gasteiger partial charge in [-0.1, -0.05) is 17.2 Å². The minimum Gasteiger partial charge on any atom is -0.338 e. The van der Waals surface area contributed by atoms with E-state index < -0.39 is 0 Å². The van der Waals surface area contributed by atoms with Crippen molar-refractivity contribution in [3.8, 4) is 0 Å². The van der Waals surface area contributed by atoms with Gasteiger partial charge in [-0.15, -0.1) is 0 Å². The molecule has 1 fully saturated rings. The van der Waals surface area contributed by atoms with Gasteiger partial charge in [0.25, 0.3) is 5.91 Å². The van der Waals surface area contributed by atoms with E-state index in [1.54, 1.807) is 4.90 Å². The Morgan fingerprint density at radius 2 is 1.73 bits per heavy atom. The number of likely N-dealkylation sites (tertiary alicyclic amines) is 1. The second-order valence-corrected chi connectivity index (χ2v) is 6.96. The number of nitrogens with one attached hydrogen (secondary N) is 1. The van der Waals surface area contributed by atoms with Gasteiger partial charge in [0.2, 0.25) is 5.91 Å². The number of benzene rings is 2. The molecule has 0 aliphatic carbocycles. The summed E-state index contributed by atoms with van der Waals surface area (Å²) in [5.74, 6) is -0.764. The molecule has 1 aliphatic rings. The second-order valence-electron chi connectivity index (χ2n) is 6.96. The molecule has 1 aliphatic heterocycles. The molecule has 1 unspecified atom stereocenters. The number of carbonyl (C=O) groups is 2. The maximum absolute atomic E-state index is 13.0. The highest BCUT2D eigenvalue weighted by atomic mass is 19.1. The highest BCUT2D eigenvalue weighted by Crippen LogP contribution is 2.21. The van der Waals surface area contributed by atoms with E-state index in [-0.39, 0.29) is 23.5 Å². The van der Waals surface area contributed by atoms with Crippen LogP contribution in [-0.2, 0) is 4.79 Å². The Labute approximate surface area is 153 Å². The van der Waals surface area contributed by atoms with E-state index in [9.17, 15) is 14.0 Å². The van der Waals surface area contributed by atoms with E-state index in [0.717, 1.165) is 24.0 Å². The van der Waals surface area contributed by atoms with Crippen LogP contribution in [-0.4, -0.2) is 29.8 Å². The van der Waals surface area contributed by atoms with E-state index in [1.807, 2.05) is 32.0 Å². The minimum absolute atomic E-state index is 0.0314. The van der Waals surface area contributed by atoms with Crippen molar-refractivity contribution in [1.82, 2.24) is 4.90 Å². The van der Waals surface area contributed by atoms with E-state index in [2.05, 4.69) is 5.32 Å². The van der Waals surface area contributed by atoms with Gasteiger partial charge in [0, 0.05) is 24.3 Å². The summed E-state index contributed by atoms with van der Waals surface area (Å²) in [6.45, 7) is 5.00. The van der Waals surface area contributed by atoms with Crippen LogP contribution in [0.3, 0.4) is 0 Å². The number of halogens is 1. The van der Waals surface area contributed by atoms with Crippen molar-refractivity contribution in [1.29, 1.82) is 0 Å². The molecule has 2 aromatic carbocycles. The van der Waals surface area contributed by atoms with Crippen LogP contribution in [0.25, 0.3) is 0 Å². The maximum atomic E-state index is 13.0. The normalized spacial score (nSPS) is 17.0. The molecule has 2 aromatic rings. The Hall–Kier alpha value is -2.69. The molecule has 136 valence electrons. The fourth-order valence-corrected chi connectivity index (χ4v) is 3.43. The molecule has 4 nitrogen and oxygen atoms in total. The van der Waals surface area contributed by atoms with Crippen molar-refractivity contribution in [3.05, 3.63) is 65.0 Å². The second kappa shape index (κ2) is 7.68. The lowest BCUT2D eigenvalue weighted by atomic mass is 9.96. The summed E-state index contributed by atoms with van der Waals surface area (Å²) in [6.07, 6.45) is 1.53. The van der Waals surface area contributed by atoms with Gasteiger partial charge in [0.15, 0.2) is 0 Å². The molecule has 0 bridgehead atoms. The fraction of sp³-hybridized carbons (Fsp3) is 0.333. The van der Waals surface area contributed by atoms with E-state index >= 15 is 0 Å². The van der Waals surface area contributed by atoms with Crippen LogP contribution in [0.4, 0.5) is 10.1 Å². The monoisotopic (exact) mass is 354 g/mol. The molecule has 5 heteroatoms. The topological polar surface area (TPSA) is 49.4 Å². The first kappa shape index (κ1) is 18.1. The lowest BCUT2D eigenvalue weighted by Gasteiger charge is -2.32.